The molecule has 0 bridgehead atoms. The lowest BCUT2D eigenvalue weighted by atomic mass is 9.95. The molecule has 1 N–H and O–H groups in total. The Morgan fingerprint density at radius 1 is 1.26 bits per heavy atom. The fourth-order valence-corrected chi connectivity index (χ4v) is 2.23. The Morgan fingerprint density at radius 3 is 2.53 bits per heavy atom. The van der Waals surface area contributed by atoms with Crippen molar-refractivity contribution in [2.24, 2.45) is 0 Å². The summed E-state index contributed by atoms with van der Waals surface area (Å²) in [7, 11) is 0. The van der Waals surface area contributed by atoms with Crippen LogP contribution in [0, 0.1) is 22.7 Å². The van der Waals surface area contributed by atoms with Crippen LogP contribution in [0.5, 0.6) is 0 Å². The second-order valence-corrected chi connectivity index (χ2v) is 4.42. The predicted molar refractivity (Wildman–Crippen MR) is 68.6 cm³/mol. The van der Waals surface area contributed by atoms with Crippen molar-refractivity contribution in [2.75, 3.05) is 13.1 Å². The van der Waals surface area contributed by atoms with Crippen molar-refractivity contribution >= 4 is 5.91 Å². The molecule has 19 heavy (non-hydrogen) atoms. The molecule has 0 aliphatic carbocycles. The quantitative estimate of drug-likeness (QED) is 0.800. The predicted octanol–water partition coefficient (Wildman–Crippen LogP) is 0.577. The Bertz CT molecular complexity index is 539. The van der Waals surface area contributed by atoms with Crippen molar-refractivity contribution in [1.29, 1.82) is 10.5 Å². The normalized spacial score (nSPS) is 16.8. The van der Waals surface area contributed by atoms with E-state index in [0.29, 0.717) is 13.0 Å². The molecule has 2 rings (SSSR count). The van der Waals surface area contributed by atoms with Crippen LogP contribution in [0.1, 0.15) is 11.1 Å². The minimum absolute atomic E-state index is 0.0494. The average molecular weight is 254 g/mol. The summed E-state index contributed by atoms with van der Waals surface area (Å²) in [5.74, 6) is -0.183. The maximum Gasteiger partial charge on any atom is 0.241 e. The molecule has 1 aromatic rings. The molecule has 1 aliphatic rings. The summed E-state index contributed by atoms with van der Waals surface area (Å²) in [5.41, 5.74) is 2.34. The standard InChI is InChI=1S/C14H14N4O/c15-5-7-18(8-6-16)14(19)13-9-11-3-1-2-4-12(11)10-17-13/h1-4,13,17H,7-10H2/t13-/m0/s1. The van der Waals surface area contributed by atoms with Gasteiger partial charge in [0.2, 0.25) is 5.91 Å². The van der Waals surface area contributed by atoms with Gasteiger partial charge in [-0.25, -0.2) is 0 Å². The number of nitrogens with zero attached hydrogens (tertiary/aromatic N) is 3. The topological polar surface area (TPSA) is 79.9 Å². The molecule has 1 atom stereocenters. The fourth-order valence-electron chi connectivity index (χ4n) is 2.23. The first-order valence-corrected chi connectivity index (χ1v) is 6.09. The number of rotatable bonds is 3. The van der Waals surface area contributed by atoms with Gasteiger partial charge in [0.1, 0.15) is 13.1 Å². The molecule has 0 radical (unpaired) electrons. The first kappa shape index (κ1) is 13.1. The van der Waals surface area contributed by atoms with E-state index in [0.717, 1.165) is 5.56 Å². The highest BCUT2D eigenvalue weighted by Gasteiger charge is 2.27. The van der Waals surface area contributed by atoms with Gasteiger partial charge in [0, 0.05) is 6.54 Å². The van der Waals surface area contributed by atoms with E-state index in [2.05, 4.69) is 5.32 Å². The van der Waals surface area contributed by atoms with Crippen LogP contribution in [0.2, 0.25) is 0 Å². The van der Waals surface area contributed by atoms with Crippen LogP contribution in [0.4, 0.5) is 0 Å². The van der Waals surface area contributed by atoms with Crippen molar-refractivity contribution in [3.05, 3.63) is 35.4 Å². The van der Waals surface area contributed by atoms with E-state index in [1.54, 1.807) is 0 Å². The van der Waals surface area contributed by atoms with Crippen molar-refractivity contribution < 1.29 is 4.79 Å². The first-order chi connectivity index (χ1) is 9.26. The molecule has 0 aromatic heterocycles. The van der Waals surface area contributed by atoms with Gasteiger partial charge in [-0.15, -0.1) is 0 Å². The molecule has 0 saturated carbocycles. The van der Waals surface area contributed by atoms with Crippen LogP contribution in [0.3, 0.4) is 0 Å². The number of nitriles is 2. The Balaban J connectivity index is 2.10. The Labute approximate surface area is 112 Å². The molecule has 0 fully saturated rings. The lowest BCUT2D eigenvalue weighted by Crippen LogP contribution is -2.49. The minimum Gasteiger partial charge on any atom is -0.315 e. The fraction of sp³-hybridized carbons (Fsp3) is 0.357. The third-order valence-electron chi connectivity index (χ3n) is 3.21. The second-order valence-electron chi connectivity index (χ2n) is 4.42. The monoisotopic (exact) mass is 254 g/mol. The molecule has 1 aliphatic heterocycles. The van der Waals surface area contributed by atoms with E-state index in [1.807, 2.05) is 36.4 Å². The zero-order valence-electron chi connectivity index (χ0n) is 10.5. The molecule has 1 amide bonds. The number of hydrogen-bond acceptors (Lipinski definition) is 4. The average Bonchev–Trinajstić information content (AvgIpc) is 2.46. The summed E-state index contributed by atoms with van der Waals surface area (Å²) in [4.78, 5) is 13.5. The van der Waals surface area contributed by atoms with Crippen molar-refractivity contribution in [3.63, 3.8) is 0 Å². The van der Waals surface area contributed by atoms with Gasteiger partial charge in [-0.1, -0.05) is 24.3 Å². The molecule has 5 heteroatoms. The molecule has 0 saturated heterocycles. The highest BCUT2D eigenvalue weighted by Crippen LogP contribution is 2.17. The van der Waals surface area contributed by atoms with Crippen molar-refractivity contribution in [3.8, 4) is 12.1 Å². The van der Waals surface area contributed by atoms with Crippen molar-refractivity contribution in [2.45, 2.75) is 19.0 Å². The lowest BCUT2D eigenvalue weighted by molar-refractivity contribution is -0.132. The number of hydrogen-bond donors (Lipinski definition) is 1. The van der Waals surface area contributed by atoms with E-state index in [9.17, 15) is 4.79 Å². The van der Waals surface area contributed by atoms with Crippen LogP contribution >= 0.6 is 0 Å². The van der Waals surface area contributed by atoms with Crippen LogP contribution in [-0.2, 0) is 17.8 Å². The Kier molecular flexibility index (Phi) is 4.12. The number of nitrogens with one attached hydrogen (secondary N) is 1. The van der Waals surface area contributed by atoms with Gasteiger partial charge in [-0.05, 0) is 17.5 Å². The molecule has 0 spiro atoms. The molecule has 0 unspecified atom stereocenters. The van der Waals surface area contributed by atoms with Crippen LogP contribution in [-0.4, -0.2) is 29.9 Å². The van der Waals surface area contributed by atoms with Gasteiger partial charge in [0.25, 0.3) is 0 Å². The van der Waals surface area contributed by atoms with Gasteiger partial charge >= 0.3 is 0 Å². The lowest BCUT2D eigenvalue weighted by Gasteiger charge is -2.28. The summed E-state index contributed by atoms with van der Waals surface area (Å²) in [6.45, 7) is 0.540. The van der Waals surface area contributed by atoms with E-state index in [4.69, 9.17) is 10.5 Å². The number of carbonyl (C=O) groups excluding carboxylic acids is 1. The van der Waals surface area contributed by atoms with Gasteiger partial charge in [-0.2, -0.15) is 10.5 Å². The van der Waals surface area contributed by atoms with E-state index in [1.165, 1.54) is 10.5 Å². The molecular formula is C14H14N4O. The van der Waals surface area contributed by atoms with Crippen LogP contribution in [0.25, 0.3) is 0 Å². The smallest absolute Gasteiger partial charge is 0.241 e. The van der Waals surface area contributed by atoms with Crippen LogP contribution in [0.15, 0.2) is 24.3 Å². The van der Waals surface area contributed by atoms with Gasteiger partial charge in [0.15, 0.2) is 0 Å². The van der Waals surface area contributed by atoms with Gasteiger partial charge in [-0.3, -0.25) is 4.79 Å². The van der Waals surface area contributed by atoms with Gasteiger partial charge in [0.05, 0.1) is 18.2 Å². The molecule has 5 nitrogen and oxygen atoms in total. The largest absolute Gasteiger partial charge is 0.315 e. The highest BCUT2D eigenvalue weighted by molar-refractivity contribution is 5.83. The summed E-state index contributed by atoms with van der Waals surface area (Å²) in [6.07, 6.45) is 0.600. The number of carbonyl (C=O) groups is 1. The maximum atomic E-state index is 12.2. The van der Waals surface area contributed by atoms with Crippen molar-refractivity contribution in [1.82, 2.24) is 10.2 Å². The van der Waals surface area contributed by atoms with E-state index < -0.39 is 0 Å². The van der Waals surface area contributed by atoms with E-state index >= 15 is 0 Å². The number of benzene rings is 1. The van der Waals surface area contributed by atoms with Gasteiger partial charge < -0.3 is 10.2 Å². The zero-order chi connectivity index (χ0) is 13.7. The summed E-state index contributed by atoms with van der Waals surface area (Å²) in [5, 5.41) is 20.6. The number of fused-ring (bicyclic) bond motifs is 1. The summed E-state index contributed by atoms with van der Waals surface area (Å²) < 4.78 is 0. The SMILES string of the molecule is N#CCN(CC#N)C(=O)[C@@H]1Cc2ccccc2CN1. The minimum atomic E-state index is -0.350. The molecular weight excluding hydrogens is 240 g/mol. The first-order valence-electron chi connectivity index (χ1n) is 6.09. The Hall–Kier alpha value is -2.37. The van der Waals surface area contributed by atoms with E-state index in [-0.39, 0.29) is 25.0 Å². The van der Waals surface area contributed by atoms with Crippen LogP contribution < -0.4 is 5.32 Å². The third kappa shape index (κ3) is 2.90. The Morgan fingerprint density at radius 2 is 1.89 bits per heavy atom. The number of amides is 1. The molecule has 1 heterocycles. The summed E-state index contributed by atoms with van der Waals surface area (Å²) >= 11 is 0. The molecule has 96 valence electrons. The molecule has 1 aromatic carbocycles. The zero-order valence-corrected chi connectivity index (χ0v) is 10.5. The third-order valence-corrected chi connectivity index (χ3v) is 3.21. The maximum absolute atomic E-state index is 12.2. The summed E-state index contributed by atoms with van der Waals surface area (Å²) in [6, 6.07) is 11.5. The highest BCUT2D eigenvalue weighted by atomic mass is 16.2. The second kappa shape index (κ2) is 5.99.